The number of nitrogens with two attached hydrogens (primary N) is 1. The number of nitrogens with zero attached hydrogens (tertiary/aromatic N) is 2. The predicted molar refractivity (Wildman–Crippen MR) is 235 cm³/mol. The second-order valence-corrected chi connectivity index (χ2v) is 16.1. The zero-order valence-corrected chi connectivity index (χ0v) is 35.3. The van der Waals surface area contributed by atoms with Gasteiger partial charge < -0.3 is 45.3 Å². The van der Waals surface area contributed by atoms with Crippen molar-refractivity contribution in [1.29, 1.82) is 0 Å². The van der Waals surface area contributed by atoms with E-state index in [1.165, 1.54) is 0 Å². The van der Waals surface area contributed by atoms with Gasteiger partial charge in [-0.2, -0.15) is 0 Å². The zero-order chi connectivity index (χ0) is 44.5. The Bertz CT molecular complexity index is 2680. The molecule has 0 saturated carbocycles. The Morgan fingerprint density at radius 1 is 0.875 bits per heavy atom. The number of fused-ring (bicyclic) bond motifs is 4. The fourth-order valence-corrected chi connectivity index (χ4v) is 10.2. The molecule has 14 heteroatoms. The lowest BCUT2D eigenvalue weighted by atomic mass is 9.64. The topological polar surface area (TPSA) is 182 Å². The van der Waals surface area contributed by atoms with E-state index in [9.17, 15) is 9.90 Å². The maximum Gasteiger partial charge on any atom is 0.324 e. The van der Waals surface area contributed by atoms with Crippen LogP contribution in [0.1, 0.15) is 57.1 Å². The average Bonchev–Trinajstić information content (AvgIpc) is 3.80. The Balaban J connectivity index is 1.32. The summed E-state index contributed by atoms with van der Waals surface area (Å²) < 4.78 is 24.1. The van der Waals surface area contributed by atoms with Gasteiger partial charge in [-0.3, -0.25) is 19.3 Å². The zero-order valence-electron chi connectivity index (χ0n) is 35.3. The maximum absolute atomic E-state index is 16.1. The molecule has 4 amide bonds. The third kappa shape index (κ3) is 7.12. The second-order valence-electron chi connectivity index (χ2n) is 16.1. The van der Waals surface area contributed by atoms with Gasteiger partial charge in [0, 0.05) is 29.9 Å². The molecule has 326 valence electrons. The Kier molecular flexibility index (Phi) is 11.4. The summed E-state index contributed by atoms with van der Waals surface area (Å²) in [5.41, 5.74) is 8.79. The quantitative estimate of drug-likeness (QED) is 0.111. The first kappa shape index (κ1) is 42.0. The van der Waals surface area contributed by atoms with Crippen molar-refractivity contribution < 1.29 is 43.2 Å². The fraction of sp³-hybridized carbons (Fsp3) is 0.280. The highest BCUT2D eigenvalue weighted by atomic mass is 16.6. The molecule has 0 radical (unpaired) electrons. The van der Waals surface area contributed by atoms with E-state index in [-0.39, 0.29) is 32.8 Å². The van der Waals surface area contributed by atoms with E-state index >= 15 is 14.4 Å². The Labute approximate surface area is 370 Å². The van der Waals surface area contributed by atoms with Gasteiger partial charge in [-0.1, -0.05) is 90.7 Å². The van der Waals surface area contributed by atoms with E-state index in [1.54, 1.807) is 49.5 Å². The largest absolute Gasteiger partial charge is 0.493 e. The molecular weight excluding hydrogens is 815 g/mol. The summed E-state index contributed by atoms with van der Waals surface area (Å²) in [5, 5.41) is 15.6. The van der Waals surface area contributed by atoms with Crippen LogP contribution in [-0.4, -0.2) is 85.3 Å². The molecule has 5 aromatic carbocycles. The van der Waals surface area contributed by atoms with Gasteiger partial charge in [0.15, 0.2) is 11.5 Å². The number of methoxy groups -OCH3 is 2. The molecule has 0 aliphatic carbocycles. The maximum atomic E-state index is 16.1. The normalized spacial score (nSPS) is 23.1. The summed E-state index contributed by atoms with van der Waals surface area (Å²) >= 11 is 0. The highest BCUT2D eigenvalue weighted by Gasteiger charge is 2.74. The van der Waals surface area contributed by atoms with Crippen LogP contribution in [0.15, 0.2) is 115 Å². The van der Waals surface area contributed by atoms with Crippen LogP contribution in [0.3, 0.4) is 0 Å². The number of aliphatic hydroxyl groups is 1. The second kappa shape index (κ2) is 17.4. The van der Waals surface area contributed by atoms with Gasteiger partial charge in [0.05, 0.1) is 45.4 Å². The molecule has 64 heavy (non-hydrogen) atoms. The number of nitrogens with one attached hydrogen (secondary N) is 2. The highest BCUT2D eigenvalue weighted by Crippen LogP contribution is 2.66. The molecule has 6 unspecified atom stereocenters. The third-order valence-electron chi connectivity index (χ3n) is 12.7. The summed E-state index contributed by atoms with van der Waals surface area (Å²) in [6, 6.07) is 31.6. The SMILES string of the molecule is COc1cc2c(cc1OC)CN(C(=O)C1C3C(=O)OC(c4ccccc4)C(c4ccccc4)N3C(c3ccccc3OCCO)C13C(=O)Nc1ccc(C#CCNC(N)=O)cc13)CC2. The number of para-hydroxylation sites is 1. The smallest absolute Gasteiger partial charge is 0.324 e. The molecule has 6 atom stereocenters. The van der Waals surface area contributed by atoms with Crippen LogP contribution in [0, 0.1) is 17.8 Å². The number of esters is 1. The number of carbonyl (C=O) groups is 4. The van der Waals surface area contributed by atoms with Crippen LogP contribution in [0.25, 0.3) is 0 Å². The number of rotatable bonds is 10. The number of amides is 4. The molecule has 5 aromatic rings. The summed E-state index contributed by atoms with van der Waals surface area (Å²) in [7, 11) is 3.13. The molecule has 4 aliphatic heterocycles. The standard InChI is InChI=1S/C50H47N5O9/c1-61-39-27-33-21-23-54(29-34(33)28-40(39)62-2)46(57)41-43-47(58)64-44(32-15-7-4-8-16-32)42(31-13-5-3-6-14-31)55(43)45(35-17-9-10-18-38(35)63-25-24-56)50(41)36-26-30(12-11-22-52-49(51)60)19-20-37(36)53-48(50)59/h3-10,13-20,26-28,41-45,56H,21-25,29H2,1-2H3,(H,53,59)(H3,51,52,60). The van der Waals surface area contributed by atoms with Crippen LogP contribution < -0.4 is 30.6 Å². The van der Waals surface area contributed by atoms with Gasteiger partial charge in [0.2, 0.25) is 11.8 Å². The van der Waals surface area contributed by atoms with Gasteiger partial charge in [0.1, 0.15) is 29.9 Å². The lowest BCUT2D eigenvalue weighted by Gasteiger charge is -2.46. The number of primary amides is 1. The molecule has 0 aromatic heterocycles. The van der Waals surface area contributed by atoms with Crippen molar-refractivity contribution in [3.05, 3.63) is 154 Å². The molecule has 2 fully saturated rings. The number of hydrogen-bond donors (Lipinski definition) is 4. The number of ether oxygens (including phenoxy) is 4. The fourth-order valence-electron chi connectivity index (χ4n) is 10.2. The van der Waals surface area contributed by atoms with Crippen molar-refractivity contribution in [3.63, 3.8) is 0 Å². The summed E-state index contributed by atoms with van der Waals surface area (Å²) in [6.07, 6.45) is -0.388. The number of urea groups is 1. The minimum atomic E-state index is -1.81. The third-order valence-corrected chi connectivity index (χ3v) is 12.7. The van der Waals surface area contributed by atoms with Crippen molar-refractivity contribution >= 4 is 29.5 Å². The van der Waals surface area contributed by atoms with Gasteiger partial charge in [-0.25, -0.2) is 4.79 Å². The first-order valence-electron chi connectivity index (χ1n) is 21.1. The van der Waals surface area contributed by atoms with Crippen molar-refractivity contribution in [2.45, 2.75) is 42.6 Å². The summed E-state index contributed by atoms with van der Waals surface area (Å²) in [4.78, 5) is 62.4. The number of hydrogen-bond acceptors (Lipinski definition) is 10. The van der Waals surface area contributed by atoms with E-state index in [1.807, 2.05) is 89.8 Å². The van der Waals surface area contributed by atoms with E-state index < -0.39 is 59.4 Å². The Morgan fingerprint density at radius 2 is 1.56 bits per heavy atom. The number of aliphatic hydroxyl groups excluding tert-OH is 1. The first-order chi connectivity index (χ1) is 31.2. The van der Waals surface area contributed by atoms with Crippen LogP contribution >= 0.6 is 0 Å². The molecule has 4 aliphatic rings. The van der Waals surface area contributed by atoms with Crippen LogP contribution in [0.4, 0.5) is 10.5 Å². The molecule has 1 spiro atoms. The van der Waals surface area contributed by atoms with Gasteiger partial charge in [0.25, 0.3) is 0 Å². The van der Waals surface area contributed by atoms with E-state index in [4.69, 9.17) is 24.7 Å². The van der Waals surface area contributed by atoms with Crippen LogP contribution in [0.2, 0.25) is 0 Å². The molecule has 14 nitrogen and oxygen atoms in total. The molecule has 4 heterocycles. The molecule has 5 N–H and O–H groups in total. The van der Waals surface area contributed by atoms with Crippen LogP contribution in [-0.2, 0) is 37.5 Å². The van der Waals surface area contributed by atoms with Crippen molar-refractivity contribution in [2.75, 3.05) is 45.8 Å². The highest BCUT2D eigenvalue weighted by molar-refractivity contribution is 6.12. The molecule has 0 bridgehead atoms. The van der Waals surface area contributed by atoms with E-state index in [0.717, 1.165) is 22.3 Å². The van der Waals surface area contributed by atoms with Crippen molar-refractivity contribution in [3.8, 4) is 29.1 Å². The summed E-state index contributed by atoms with van der Waals surface area (Å²) in [6.45, 7) is 0.101. The first-order valence-corrected chi connectivity index (χ1v) is 21.1. The molecule has 2 saturated heterocycles. The lowest BCUT2D eigenvalue weighted by molar-refractivity contribution is -0.179. The Morgan fingerprint density at radius 3 is 2.27 bits per heavy atom. The van der Waals surface area contributed by atoms with Gasteiger partial charge >= 0.3 is 12.0 Å². The summed E-state index contributed by atoms with van der Waals surface area (Å²) in [5.74, 6) is 4.54. The minimum absolute atomic E-state index is 0.0253. The number of morpholine rings is 1. The van der Waals surface area contributed by atoms with Crippen LogP contribution in [0.5, 0.6) is 17.2 Å². The number of carbonyl (C=O) groups excluding carboxylic acids is 4. The average molecular weight is 862 g/mol. The lowest BCUT2D eigenvalue weighted by Crippen LogP contribution is -2.56. The van der Waals surface area contributed by atoms with Crippen molar-refractivity contribution in [2.24, 2.45) is 11.7 Å². The predicted octanol–water partition coefficient (Wildman–Crippen LogP) is 4.95. The molecule has 9 rings (SSSR count). The number of cyclic esters (lactones) is 1. The van der Waals surface area contributed by atoms with Gasteiger partial charge in [-0.15, -0.1) is 0 Å². The van der Waals surface area contributed by atoms with Crippen molar-refractivity contribution in [1.82, 2.24) is 15.1 Å². The minimum Gasteiger partial charge on any atom is -0.493 e. The van der Waals surface area contributed by atoms with E-state index in [2.05, 4.69) is 22.5 Å². The molecular formula is C50H47N5O9. The Hall–Kier alpha value is -7.34. The van der Waals surface area contributed by atoms with E-state index in [0.29, 0.717) is 46.0 Å². The monoisotopic (exact) mass is 861 g/mol. The number of benzene rings is 5. The number of anilines is 1. The van der Waals surface area contributed by atoms with Gasteiger partial charge in [-0.05, 0) is 70.6 Å².